The Morgan fingerprint density at radius 2 is 1.90 bits per heavy atom. The van der Waals surface area contributed by atoms with E-state index in [0.717, 1.165) is 12.1 Å². The highest BCUT2D eigenvalue weighted by Gasteiger charge is 2.33. The first-order valence-electron chi connectivity index (χ1n) is 5.82. The van der Waals surface area contributed by atoms with E-state index in [1.165, 1.54) is 0 Å². The van der Waals surface area contributed by atoms with Crippen LogP contribution in [-0.2, 0) is 15.8 Å². The number of aliphatic hydroxyl groups is 1. The lowest BCUT2D eigenvalue weighted by atomic mass is 10.2. The minimum absolute atomic E-state index is 0.0805. The molecule has 0 atom stereocenters. The summed E-state index contributed by atoms with van der Waals surface area (Å²) in [4.78, 5) is 22.8. The average Bonchev–Trinajstić information content (AvgIpc) is 2.39. The molecule has 2 amide bonds. The maximum Gasteiger partial charge on any atom is 0.417 e. The van der Waals surface area contributed by atoms with Crippen molar-refractivity contribution in [2.24, 2.45) is 0 Å². The molecule has 0 fully saturated rings. The minimum Gasteiger partial charge on any atom is -0.396 e. The third kappa shape index (κ3) is 5.24. The molecule has 0 aliphatic rings. The van der Waals surface area contributed by atoms with Crippen molar-refractivity contribution in [3.63, 3.8) is 0 Å². The maximum absolute atomic E-state index is 12.6. The predicted molar refractivity (Wildman–Crippen MR) is 69.8 cm³/mol. The van der Waals surface area contributed by atoms with E-state index in [4.69, 9.17) is 16.7 Å². The van der Waals surface area contributed by atoms with E-state index in [0.29, 0.717) is 6.07 Å². The van der Waals surface area contributed by atoms with Gasteiger partial charge in [0.25, 0.3) is 0 Å². The molecule has 0 spiro atoms. The Morgan fingerprint density at radius 1 is 1.24 bits per heavy atom. The molecule has 0 bridgehead atoms. The van der Waals surface area contributed by atoms with Gasteiger partial charge in [-0.05, 0) is 24.6 Å². The normalized spacial score (nSPS) is 11.1. The standard InChI is InChI=1S/C12H12ClF3N2O3/c13-9-3-2-7(6-8(9)12(14,15)16)18-11(21)10(20)17-4-1-5-19/h2-3,6,19H,1,4-5H2,(H,17,20)(H,18,21). The van der Waals surface area contributed by atoms with Crippen LogP contribution in [0.1, 0.15) is 12.0 Å². The Hall–Kier alpha value is -1.80. The Kier molecular flexibility index (Phi) is 5.98. The first-order valence-corrected chi connectivity index (χ1v) is 6.20. The number of halogens is 4. The summed E-state index contributed by atoms with van der Waals surface area (Å²) in [5.41, 5.74) is -1.31. The van der Waals surface area contributed by atoms with Crippen LogP contribution in [0.4, 0.5) is 18.9 Å². The second kappa shape index (κ2) is 7.28. The van der Waals surface area contributed by atoms with E-state index >= 15 is 0 Å². The van der Waals surface area contributed by atoms with Crippen LogP contribution in [0.2, 0.25) is 5.02 Å². The van der Waals surface area contributed by atoms with Gasteiger partial charge in [-0.15, -0.1) is 0 Å². The second-order valence-electron chi connectivity index (χ2n) is 3.98. The zero-order chi connectivity index (χ0) is 16.0. The van der Waals surface area contributed by atoms with Gasteiger partial charge in [-0.25, -0.2) is 0 Å². The highest BCUT2D eigenvalue weighted by atomic mass is 35.5. The van der Waals surface area contributed by atoms with Crippen LogP contribution in [-0.4, -0.2) is 30.1 Å². The van der Waals surface area contributed by atoms with Crippen molar-refractivity contribution in [3.05, 3.63) is 28.8 Å². The molecule has 1 aromatic rings. The number of alkyl halides is 3. The molecule has 0 aromatic heterocycles. The van der Waals surface area contributed by atoms with Gasteiger partial charge in [0.15, 0.2) is 0 Å². The molecule has 0 aliphatic carbocycles. The molecule has 0 unspecified atom stereocenters. The van der Waals surface area contributed by atoms with Gasteiger partial charge in [-0.1, -0.05) is 11.6 Å². The monoisotopic (exact) mass is 324 g/mol. The molecule has 21 heavy (non-hydrogen) atoms. The van der Waals surface area contributed by atoms with Crippen LogP contribution in [0.5, 0.6) is 0 Å². The van der Waals surface area contributed by atoms with Crippen molar-refractivity contribution in [1.82, 2.24) is 5.32 Å². The number of rotatable bonds is 4. The van der Waals surface area contributed by atoms with Gasteiger partial charge in [0.1, 0.15) is 0 Å². The second-order valence-corrected chi connectivity index (χ2v) is 4.39. The highest BCUT2D eigenvalue weighted by molar-refractivity contribution is 6.39. The Morgan fingerprint density at radius 3 is 2.48 bits per heavy atom. The Balaban J connectivity index is 2.75. The smallest absolute Gasteiger partial charge is 0.396 e. The molecule has 0 saturated heterocycles. The SMILES string of the molecule is O=C(NCCCO)C(=O)Nc1ccc(Cl)c(C(F)(F)F)c1. The summed E-state index contributed by atoms with van der Waals surface area (Å²) in [6.07, 6.45) is -4.40. The van der Waals surface area contributed by atoms with Crippen molar-refractivity contribution >= 4 is 29.1 Å². The number of amides is 2. The summed E-state index contributed by atoms with van der Waals surface area (Å²) in [6.45, 7) is -0.0782. The van der Waals surface area contributed by atoms with Crippen LogP contribution in [0.15, 0.2) is 18.2 Å². The van der Waals surface area contributed by atoms with Crippen molar-refractivity contribution in [3.8, 4) is 0 Å². The molecule has 0 heterocycles. The molecular formula is C12H12ClF3N2O3. The van der Waals surface area contributed by atoms with Crippen LogP contribution in [0.3, 0.4) is 0 Å². The van der Waals surface area contributed by atoms with Gasteiger partial charge in [0, 0.05) is 18.8 Å². The number of benzene rings is 1. The van der Waals surface area contributed by atoms with Crippen LogP contribution in [0, 0.1) is 0 Å². The summed E-state index contributed by atoms with van der Waals surface area (Å²) in [5, 5.41) is 12.2. The average molecular weight is 325 g/mol. The number of nitrogens with one attached hydrogen (secondary N) is 2. The summed E-state index contributed by atoms with van der Waals surface area (Å²) in [7, 11) is 0. The van der Waals surface area contributed by atoms with Gasteiger partial charge >= 0.3 is 18.0 Å². The molecule has 0 radical (unpaired) electrons. The molecule has 1 aromatic carbocycles. The van der Waals surface area contributed by atoms with E-state index in [1.807, 2.05) is 5.32 Å². The lowest BCUT2D eigenvalue weighted by Crippen LogP contribution is -2.36. The molecule has 0 saturated carbocycles. The first-order chi connectivity index (χ1) is 9.75. The minimum atomic E-state index is -4.67. The Bertz CT molecular complexity index is 535. The van der Waals surface area contributed by atoms with Crippen LogP contribution >= 0.6 is 11.6 Å². The third-order valence-corrected chi connectivity index (χ3v) is 2.69. The van der Waals surface area contributed by atoms with Gasteiger partial charge < -0.3 is 15.7 Å². The van der Waals surface area contributed by atoms with Gasteiger partial charge in [0.2, 0.25) is 0 Å². The fourth-order valence-electron chi connectivity index (χ4n) is 1.37. The fourth-order valence-corrected chi connectivity index (χ4v) is 1.59. The number of hydrogen-bond acceptors (Lipinski definition) is 3. The number of aliphatic hydroxyl groups excluding tert-OH is 1. The molecule has 1 rings (SSSR count). The molecular weight excluding hydrogens is 313 g/mol. The van der Waals surface area contributed by atoms with E-state index in [9.17, 15) is 22.8 Å². The van der Waals surface area contributed by atoms with Gasteiger partial charge in [-0.2, -0.15) is 13.2 Å². The lowest BCUT2D eigenvalue weighted by molar-refractivity contribution is -0.137. The number of hydrogen-bond donors (Lipinski definition) is 3. The molecule has 5 nitrogen and oxygen atoms in total. The summed E-state index contributed by atoms with van der Waals surface area (Å²) in [6, 6.07) is 2.77. The van der Waals surface area contributed by atoms with Crippen LogP contribution < -0.4 is 10.6 Å². The highest BCUT2D eigenvalue weighted by Crippen LogP contribution is 2.36. The molecule has 9 heteroatoms. The third-order valence-electron chi connectivity index (χ3n) is 2.36. The summed E-state index contributed by atoms with van der Waals surface area (Å²) < 4.78 is 37.9. The van der Waals surface area contributed by atoms with Gasteiger partial charge in [-0.3, -0.25) is 9.59 Å². The first kappa shape index (κ1) is 17.3. The van der Waals surface area contributed by atoms with E-state index in [1.54, 1.807) is 0 Å². The van der Waals surface area contributed by atoms with E-state index < -0.39 is 28.6 Å². The summed E-state index contributed by atoms with van der Waals surface area (Å²) in [5.74, 6) is -2.12. The number of carbonyl (C=O) groups is 2. The largest absolute Gasteiger partial charge is 0.417 e. The van der Waals surface area contributed by atoms with E-state index in [-0.39, 0.29) is 25.3 Å². The van der Waals surface area contributed by atoms with Crippen molar-refractivity contribution in [1.29, 1.82) is 0 Å². The summed E-state index contributed by atoms with van der Waals surface area (Å²) >= 11 is 5.43. The topological polar surface area (TPSA) is 78.4 Å². The molecule has 3 N–H and O–H groups in total. The number of anilines is 1. The quantitative estimate of drug-likeness (QED) is 0.583. The van der Waals surface area contributed by atoms with Crippen molar-refractivity contribution in [2.45, 2.75) is 12.6 Å². The fraction of sp³-hybridized carbons (Fsp3) is 0.333. The van der Waals surface area contributed by atoms with Crippen molar-refractivity contribution in [2.75, 3.05) is 18.5 Å². The lowest BCUT2D eigenvalue weighted by Gasteiger charge is -2.11. The number of carbonyl (C=O) groups excluding carboxylic acids is 2. The molecule has 0 aliphatic heterocycles. The van der Waals surface area contributed by atoms with Crippen LogP contribution in [0.25, 0.3) is 0 Å². The van der Waals surface area contributed by atoms with Gasteiger partial charge in [0.05, 0.1) is 10.6 Å². The molecule has 116 valence electrons. The van der Waals surface area contributed by atoms with E-state index in [2.05, 4.69) is 5.32 Å². The Labute approximate surface area is 123 Å². The van der Waals surface area contributed by atoms with Crippen molar-refractivity contribution < 1.29 is 27.9 Å². The maximum atomic E-state index is 12.6. The predicted octanol–water partition coefficient (Wildman–Crippen LogP) is 1.80. The zero-order valence-corrected chi connectivity index (χ0v) is 11.4. The zero-order valence-electron chi connectivity index (χ0n) is 10.6.